The summed E-state index contributed by atoms with van der Waals surface area (Å²) in [6, 6.07) is 38.2. The maximum Gasteiger partial charge on any atom is 1.00 e. The van der Waals surface area contributed by atoms with Gasteiger partial charge in [0.15, 0.2) is 0 Å². The standard InChI is InChI=1S/C12H8.2C12H7.2Na/c3*1-3-9-4-2-6-11-8-7-10(5-1)12(9)11;;/h1-8H;2*1-7H;;/q;2*-1;2*+1. The van der Waals surface area contributed by atoms with Crippen molar-refractivity contribution < 1.29 is 59.1 Å². The molecule has 0 amide bonds. The van der Waals surface area contributed by atoms with Crippen LogP contribution in [-0.2, 0) is 0 Å². The first-order valence-electron chi connectivity index (χ1n) is 12.3. The Balaban J connectivity index is 0.000000113. The molecule has 2 heteroatoms. The fourth-order valence-electron chi connectivity index (χ4n) is 5.39. The zero-order chi connectivity index (χ0) is 23.9. The SMILES string of the molecule is C1=Cc2cccc3cccc1c23.[C-]1=Cc2cccc3cccc1c23.[C-]1=Cc2cccc3cccc1c23.[Na+].[Na+]. The molecule has 0 radical (unpaired) electrons. The molecule has 0 N–H and O–H groups in total. The van der Waals surface area contributed by atoms with Crippen LogP contribution in [-0.4, -0.2) is 0 Å². The first-order chi connectivity index (χ1) is 17.8. The Bertz CT molecular complexity index is 1550. The number of benzene rings is 6. The predicted molar refractivity (Wildman–Crippen MR) is 154 cm³/mol. The smallest absolute Gasteiger partial charge is 0.151 e. The summed E-state index contributed by atoms with van der Waals surface area (Å²) in [5.74, 6) is 0. The van der Waals surface area contributed by atoms with Crippen LogP contribution in [0.2, 0.25) is 0 Å². The average Bonchev–Trinajstić information content (AvgIpc) is 3.67. The summed E-state index contributed by atoms with van der Waals surface area (Å²) >= 11 is 0. The molecule has 0 fully saturated rings. The molecule has 6 aromatic carbocycles. The molecule has 0 spiro atoms. The van der Waals surface area contributed by atoms with Crippen LogP contribution in [0.25, 0.3) is 56.6 Å². The summed E-state index contributed by atoms with van der Waals surface area (Å²) < 4.78 is 0. The van der Waals surface area contributed by atoms with Crippen LogP contribution in [0.5, 0.6) is 0 Å². The summed E-state index contributed by atoms with van der Waals surface area (Å²) in [6.45, 7) is 0. The fraction of sp³-hybridized carbons (Fsp3) is 0. The average molecular weight is 501 g/mol. The van der Waals surface area contributed by atoms with E-state index in [2.05, 4.69) is 146 Å². The minimum atomic E-state index is 0. The van der Waals surface area contributed by atoms with Crippen LogP contribution in [0.4, 0.5) is 0 Å². The van der Waals surface area contributed by atoms with E-state index < -0.39 is 0 Å². The summed E-state index contributed by atoms with van der Waals surface area (Å²) in [5, 5.41) is 8.06. The van der Waals surface area contributed by atoms with Crippen molar-refractivity contribution in [1.82, 2.24) is 0 Å². The van der Waals surface area contributed by atoms with E-state index >= 15 is 0 Å². The molecule has 0 atom stereocenters. The normalized spacial score (nSPS) is 12.0. The van der Waals surface area contributed by atoms with Crippen molar-refractivity contribution in [2.45, 2.75) is 0 Å². The van der Waals surface area contributed by atoms with Gasteiger partial charge < -0.3 is 0 Å². The van der Waals surface area contributed by atoms with Crippen LogP contribution in [0.3, 0.4) is 0 Å². The Morgan fingerprint density at radius 3 is 1.11 bits per heavy atom. The van der Waals surface area contributed by atoms with Gasteiger partial charge in [-0.2, -0.15) is 11.1 Å². The van der Waals surface area contributed by atoms with Crippen molar-refractivity contribution in [3.8, 4) is 0 Å². The van der Waals surface area contributed by atoms with Crippen LogP contribution >= 0.6 is 0 Å². The van der Waals surface area contributed by atoms with Gasteiger partial charge in [-0.3, -0.25) is 0 Å². The quantitative estimate of drug-likeness (QED) is 0.221. The second-order valence-electron chi connectivity index (χ2n) is 9.21. The van der Waals surface area contributed by atoms with Crippen molar-refractivity contribution in [3.63, 3.8) is 0 Å². The minimum Gasteiger partial charge on any atom is -0.151 e. The zero-order valence-electron chi connectivity index (χ0n) is 21.7. The van der Waals surface area contributed by atoms with E-state index in [4.69, 9.17) is 0 Å². The maximum atomic E-state index is 3.25. The third-order valence-corrected chi connectivity index (χ3v) is 7.05. The van der Waals surface area contributed by atoms with E-state index in [1.807, 2.05) is 0 Å². The van der Waals surface area contributed by atoms with Crippen molar-refractivity contribution >= 4 is 56.6 Å². The van der Waals surface area contributed by atoms with Gasteiger partial charge in [-0.1, -0.05) is 95.7 Å². The van der Waals surface area contributed by atoms with Gasteiger partial charge in [-0.15, -0.1) is 82.6 Å². The van der Waals surface area contributed by atoms with E-state index in [1.54, 1.807) is 0 Å². The van der Waals surface area contributed by atoms with Crippen molar-refractivity contribution in [2.75, 3.05) is 0 Å². The minimum absolute atomic E-state index is 0. The third kappa shape index (κ3) is 4.90. The topological polar surface area (TPSA) is 0 Å². The van der Waals surface area contributed by atoms with Gasteiger partial charge in [-0.25, -0.2) is 0 Å². The first-order valence-corrected chi connectivity index (χ1v) is 12.3. The van der Waals surface area contributed by atoms with Crippen molar-refractivity contribution in [2.24, 2.45) is 0 Å². The first kappa shape index (κ1) is 26.9. The summed E-state index contributed by atoms with van der Waals surface area (Å²) in [7, 11) is 0. The molecule has 168 valence electrons. The summed E-state index contributed by atoms with van der Waals surface area (Å²) in [6.07, 6.45) is 15.0. The molecule has 9 rings (SSSR count). The van der Waals surface area contributed by atoms with Gasteiger partial charge in [0.05, 0.1) is 0 Å². The molecular formula is C36H22Na2. The Kier molecular flexibility index (Phi) is 8.21. The number of rotatable bonds is 0. The summed E-state index contributed by atoms with van der Waals surface area (Å²) in [5.41, 5.74) is 7.74. The van der Waals surface area contributed by atoms with E-state index in [1.165, 1.54) is 65.7 Å². The van der Waals surface area contributed by atoms with E-state index in [0.29, 0.717) is 0 Å². The third-order valence-electron chi connectivity index (χ3n) is 7.05. The van der Waals surface area contributed by atoms with Crippen LogP contribution in [0, 0.1) is 12.2 Å². The molecule has 0 heterocycles. The molecule has 0 nitrogen and oxygen atoms in total. The Labute approximate surface area is 268 Å². The van der Waals surface area contributed by atoms with Gasteiger partial charge in [0, 0.05) is 0 Å². The molecule has 0 unspecified atom stereocenters. The largest absolute Gasteiger partial charge is 1.00 e. The van der Waals surface area contributed by atoms with E-state index in [9.17, 15) is 0 Å². The molecule has 0 bridgehead atoms. The molecule has 0 aromatic heterocycles. The molecule has 0 saturated heterocycles. The second kappa shape index (κ2) is 11.6. The van der Waals surface area contributed by atoms with Gasteiger partial charge in [0.25, 0.3) is 0 Å². The Morgan fingerprint density at radius 1 is 0.342 bits per heavy atom. The van der Waals surface area contributed by atoms with Gasteiger partial charge in [0.2, 0.25) is 0 Å². The van der Waals surface area contributed by atoms with Gasteiger partial charge in [-0.05, 0) is 21.9 Å². The summed E-state index contributed by atoms with van der Waals surface area (Å²) in [4.78, 5) is 0. The van der Waals surface area contributed by atoms with Crippen molar-refractivity contribution in [3.05, 3.63) is 155 Å². The predicted octanol–water partition coefficient (Wildman–Crippen LogP) is 3.37. The van der Waals surface area contributed by atoms with Crippen LogP contribution in [0.15, 0.2) is 109 Å². The molecule has 3 aliphatic carbocycles. The molecule has 3 aliphatic rings. The molecule has 0 aliphatic heterocycles. The Morgan fingerprint density at radius 2 is 0.684 bits per heavy atom. The zero-order valence-corrected chi connectivity index (χ0v) is 25.7. The van der Waals surface area contributed by atoms with Crippen LogP contribution in [0.1, 0.15) is 33.4 Å². The van der Waals surface area contributed by atoms with E-state index in [0.717, 1.165) is 0 Å². The molecular weight excluding hydrogens is 478 g/mol. The number of hydrogen-bond donors (Lipinski definition) is 0. The number of hydrogen-bond acceptors (Lipinski definition) is 0. The van der Waals surface area contributed by atoms with Gasteiger partial charge in [0.1, 0.15) is 0 Å². The monoisotopic (exact) mass is 500 g/mol. The van der Waals surface area contributed by atoms with Crippen molar-refractivity contribution in [1.29, 1.82) is 0 Å². The van der Waals surface area contributed by atoms with Gasteiger partial charge >= 0.3 is 59.1 Å². The van der Waals surface area contributed by atoms with Crippen LogP contribution < -0.4 is 59.1 Å². The van der Waals surface area contributed by atoms with E-state index in [-0.39, 0.29) is 59.1 Å². The molecule has 6 aromatic rings. The molecule has 0 saturated carbocycles. The maximum absolute atomic E-state index is 3.25. The molecule has 38 heavy (non-hydrogen) atoms. The fourth-order valence-corrected chi connectivity index (χ4v) is 5.39. The Hall–Kier alpha value is -2.68. The second-order valence-corrected chi connectivity index (χ2v) is 9.21.